The van der Waals surface area contributed by atoms with Gasteiger partial charge in [-0.2, -0.15) is 0 Å². The third-order valence-corrected chi connectivity index (χ3v) is 2.68. The van der Waals surface area contributed by atoms with Gasteiger partial charge in [-0.3, -0.25) is 4.79 Å². The molecule has 0 aliphatic heterocycles. The number of halogens is 2. The summed E-state index contributed by atoms with van der Waals surface area (Å²) in [6.45, 7) is 0.429. The Labute approximate surface area is 105 Å². The minimum absolute atomic E-state index is 0.362. The van der Waals surface area contributed by atoms with Gasteiger partial charge in [-0.15, -0.1) is 0 Å². The quantitative estimate of drug-likeness (QED) is 0.813. The lowest BCUT2D eigenvalue weighted by Gasteiger charge is -2.01. The van der Waals surface area contributed by atoms with Crippen molar-refractivity contribution in [1.29, 1.82) is 0 Å². The molecule has 0 aromatic carbocycles. The Morgan fingerprint density at radius 3 is 2.69 bits per heavy atom. The molecule has 2 aromatic rings. The standard InChI is InChI=1S/C9H6BrClN4O/c10-9-14-7(5-16)3-15(9)4-8-12-1-6(11)2-13-8/h1-3,5H,4H2. The molecule has 2 heterocycles. The van der Waals surface area contributed by atoms with Gasteiger partial charge in [0.2, 0.25) is 0 Å². The first-order chi connectivity index (χ1) is 7.69. The van der Waals surface area contributed by atoms with Crippen molar-refractivity contribution in [3.05, 3.63) is 39.9 Å². The molecule has 0 bridgehead atoms. The molecule has 0 saturated carbocycles. The van der Waals surface area contributed by atoms with Crippen LogP contribution in [0, 0.1) is 0 Å². The molecule has 2 aromatic heterocycles. The normalized spacial score (nSPS) is 10.4. The summed E-state index contributed by atoms with van der Waals surface area (Å²) in [4.78, 5) is 22.6. The van der Waals surface area contributed by atoms with Crippen LogP contribution in [0.5, 0.6) is 0 Å². The highest BCUT2D eigenvalue weighted by Gasteiger charge is 2.06. The van der Waals surface area contributed by atoms with Crippen LogP contribution in [0.3, 0.4) is 0 Å². The summed E-state index contributed by atoms with van der Waals surface area (Å²) in [5.41, 5.74) is 0.362. The summed E-state index contributed by atoms with van der Waals surface area (Å²) >= 11 is 8.91. The van der Waals surface area contributed by atoms with Crippen LogP contribution in [0.4, 0.5) is 0 Å². The number of aromatic nitrogens is 4. The van der Waals surface area contributed by atoms with E-state index in [1.807, 2.05) is 0 Å². The maximum absolute atomic E-state index is 10.5. The molecule has 0 atom stereocenters. The molecule has 0 unspecified atom stereocenters. The van der Waals surface area contributed by atoms with Gasteiger partial charge in [-0.1, -0.05) is 11.6 Å². The fourth-order valence-corrected chi connectivity index (χ4v) is 1.68. The zero-order valence-corrected chi connectivity index (χ0v) is 10.3. The van der Waals surface area contributed by atoms with Gasteiger partial charge in [0, 0.05) is 18.6 Å². The number of carbonyl (C=O) groups excluding carboxylic acids is 1. The smallest absolute Gasteiger partial charge is 0.178 e. The molecule has 0 fully saturated rings. The zero-order chi connectivity index (χ0) is 11.5. The van der Waals surface area contributed by atoms with Crippen LogP contribution in [0.15, 0.2) is 23.3 Å². The second-order valence-corrected chi connectivity index (χ2v) is 4.14. The number of hydrogen-bond acceptors (Lipinski definition) is 4. The highest BCUT2D eigenvalue weighted by molar-refractivity contribution is 9.10. The number of imidazole rings is 1. The summed E-state index contributed by atoms with van der Waals surface area (Å²) in [6, 6.07) is 0. The highest BCUT2D eigenvalue weighted by atomic mass is 79.9. The van der Waals surface area contributed by atoms with E-state index in [0.29, 0.717) is 34.1 Å². The summed E-state index contributed by atoms with van der Waals surface area (Å²) < 4.78 is 2.29. The van der Waals surface area contributed by atoms with E-state index in [1.165, 1.54) is 12.4 Å². The second kappa shape index (κ2) is 4.71. The van der Waals surface area contributed by atoms with Crippen LogP contribution in [-0.4, -0.2) is 25.8 Å². The van der Waals surface area contributed by atoms with Crippen LogP contribution in [0.2, 0.25) is 5.02 Å². The van der Waals surface area contributed by atoms with Crippen molar-refractivity contribution < 1.29 is 4.79 Å². The number of rotatable bonds is 3. The lowest BCUT2D eigenvalue weighted by molar-refractivity contribution is 0.111. The highest BCUT2D eigenvalue weighted by Crippen LogP contribution is 2.11. The van der Waals surface area contributed by atoms with Gasteiger partial charge in [0.15, 0.2) is 11.0 Å². The van der Waals surface area contributed by atoms with Crippen molar-refractivity contribution in [2.24, 2.45) is 0 Å². The van der Waals surface area contributed by atoms with Crippen LogP contribution < -0.4 is 0 Å². The average Bonchev–Trinajstić information content (AvgIpc) is 2.63. The summed E-state index contributed by atoms with van der Waals surface area (Å²) in [6.07, 6.45) is 5.35. The third kappa shape index (κ3) is 2.45. The lowest BCUT2D eigenvalue weighted by atomic mass is 10.5. The molecule has 0 radical (unpaired) electrons. The van der Waals surface area contributed by atoms with Gasteiger partial charge >= 0.3 is 0 Å². The Morgan fingerprint density at radius 2 is 2.12 bits per heavy atom. The van der Waals surface area contributed by atoms with Gasteiger partial charge in [-0.25, -0.2) is 15.0 Å². The lowest BCUT2D eigenvalue weighted by Crippen LogP contribution is -2.03. The number of carbonyl (C=O) groups is 1. The molecule has 82 valence electrons. The third-order valence-electron chi connectivity index (χ3n) is 1.85. The Morgan fingerprint density at radius 1 is 1.44 bits per heavy atom. The van der Waals surface area contributed by atoms with Gasteiger partial charge in [0.1, 0.15) is 11.5 Å². The first kappa shape index (κ1) is 11.2. The fraction of sp³-hybridized carbons (Fsp3) is 0.111. The van der Waals surface area contributed by atoms with E-state index >= 15 is 0 Å². The molecule has 2 rings (SSSR count). The van der Waals surface area contributed by atoms with E-state index in [0.717, 1.165) is 0 Å². The largest absolute Gasteiger partial charge is 0.317 e. The van der Waals surface area contributed by atoms with E-state index in [1.54, 1.807) is 10.8 Å². The molecule has 0 aliphatic rings. The minimum atomic E-state index is 0.362. The number of hydrogen-bond donors (Lipinski definition) is 0. The maximum atomic E-state index is 10.5. The topological polar surface area (TPSA) is 60.7 Å². The summed E-state index contributed by atoms with van der Waals surface area (Å²) in [5.74, 6) is 0.597. The van der Waals surface area contributed by atoms with Crippen LogP contribution in [0.25, 0.3) is 0 Å². The molecule has 0 saturated heterocycles. The Bertz CT molecular complexity index is 511. The fourth-order valence-electron chi connectivity index (χ4n) is 1.15. The predicted octanol–water partition coefficient (Wildman–Crippen LogP) is 1.95. The molecular formula is C9H6BrClN4O. The van der Waals surface area contributed by atoms with Crippen LogP contribution in [-0.2, 0) is 6.54 Å². The van der Waals surface area contributed by atoms with Gasteiger partial charge in [0.25, 0.3) is 0 Å². The first-order valence-corrected chi connectivity index (χ1v) is 5.50. The van der Waals surface area contributed by atoms with E-state index in [9.17, 15) is 4.79 Å². The maximum Gasteiger partial charge on any atom is 0.178 e. The van der Waals surface area contributed by atoms with Gasteiger partial charge in [0.05, 0.1) is 11.6 Å². The molecule has 16 heavy (non-hydrogen) atoms. The zero-order valence-electron chi connectivity index (χ0n) is 7.97. The van der Waals surface area contributed by atoms with Crippen molar-refractivity contribution >= 4 is 33.8 Å². The molecule has 0 spiro atoms. The molecule has 0 aliphatic carbocycles. The molecule has 7 heteroatoms. The monoisotopic (exact) mass is 300 g/mol. The van der Waals surface area contributed by atoms with E-state index in [4.69, 9.17) is 11.6 Å². The van der Waals surface area contributed by atoms with Crippen LogP contribution >= 0.6 is 27.5 Å². The Hall–Kier alpha value is -1.27. The van der Waals surface area contributed by atoms with Crippen molar-refractivity contribution in [3.63, 3.8) is 0 Å². The number of nitrogens with zero attached hydrogens (tertiary/aromatic N) is 4. The predicted molar refractivity (Wildman–Crippen MR) is 61.5 cm³/mol. The van der Waals surface area contributed by atoms with Gasteiger partial charge in [-0.05, 0) is 15.9 Å². The SMILES string of the molecule is O=Cc1cn(Cc2ncc(Cl)cn2)c(Br)n1. The van der Waals surface area contributed by atoms with E-state index in [-0.39, 0.29) is 0 Å². The molecule has 0 amide bonds. The van der Waals surface area contributed by atoms with Crippen LogP contribution in [0.1, 0.15) is 16.3 Å². The number of aldehydes is 1. The van der Waals surface area contributed by atoms with Crippen molar-refractivity contribution in [3.8, 4) is 0 Å². The van der Waals surface area contributed by atoms with Crippen molar-refractivity contribution in [1.82, 2.24) is 19.5 Å². The van der Waals surface area contributed by atoms with Gasteiger partial charge < -0.3 is 4.57 Å². The molecule has 0 N–H and O–H groups in total. The Kier molecular flexibility index (Phi) is 3.31. The molecule has 5 nitrogen and oxygen atoms in total. The van der Waals surface area contributed by atoms with Crippen molar-refractivity contribution in [2.45, 2.75) is 6.54 Å². The van der Waals surface area contributed by atoms with E-state index < -0.39 is 0 Å². The van der Waals surface area contributed by atoms with E-state index in [2.05, 4.69) is 30.9 Å². The molecular weight excluding hydrogens is 295 g/mol. The van der Waals surface area contributed by atoms with Crippen molar-refractivity contribution in [2.75, 3.05) is 0 Å². The summed E-state index contributed by atoms with van der Waals surface area (Å²) in [5, 5.41) is 0.488. The average molecular weight is 302 g/mol. The Balaban J connectivity index is 2.23. The summed E-state index contributed by atoms with van der Waals surface area (Å²) in [7, 11) is 0. The second-order valence-electron chi connectivity index (χ2n) is 3.00. The minimum Gasteiger partial charge on any atom is -0.317 e. The first-order valence-electron chi connectivity index (χ1n) is 4.33.